The van der Waals surface area contributed by atoms with Crippen molar-refractivity contribution in [2.75, 3.05) is 11.4 Å². The van der Waals surface area contributed by atoms with Crippen molar-refractivity contribution in [2.45, 2.75) is 46.6 Å². The van der Waals surface area contributed by atoms with E-state index in [1.807, 2.05) is 61.5 Å². The van der Waals surface area contributed by atoms with Crippen molar-refractivity contribution in [3.8, 4) is 0 Å². The largest absolute Gasteiger partial charge is 0.308 e. The molecule has 0 atom stereocenters. The quantitative estimate of drug-likeness (QED) is 0.371. The van der Waals surface area contributed by atoms with E-state index in [-0.39, 0.29) is 29.1 Å². The van der Waals surface area contributed by atoms with Crippen molar-refractivity contribution >= 4 is 22.5 Å². The monoisotopic (exact) mass is 488 g/mol. The fourth-order valence-electron chi connectivity index (χ4n) is 4.55. The molecule has 0 N–H and O–H groups in total. The molecular weight excluding hydrogens is 458 g/mol. The standard InChI is InChI=1S/C30H30F2N2O2/c1-4-21-10-14-25(15-11-21)33(5-2)29(35)26-19-23-8-6-7-9-27(23)34(30(26)36)17-16-22-12-13-24(28(31)32)18-20(22)3/h6-11,13-16,18-19,28H,4-5,12,17H2,1-3H3/b22-16+. The highest BCUT2D eigenvalue weighted by Crippen LogP contribution is 2.27. The van der Waals surface area contributed by atoms with Crippen LogP contribution in [0.2, 0.25) is 0 Å². The molecule has 1 aromatic heterocycles. The summed E-state index contributed by atoms with van der Waals surface area (Å²) in [5.74, 6) is -0.350. The Morgan fingerprint density at radius 2 is 1.83 bits per heavy atom. The van der Waals surface area contributed by atoms with Gasteiger partial charge in [0.2, 0.25) is 0 Å². The average Bonchev–Trinajstić information content (AvgIpc) is 2.89. The number of carbonyl (C=O) groups is 1. The van der Waals surface area contributed by atoms with E-state index in [1.165, 1.54) is 17.7 Å². The van der Waals surface area contributed by atoms with Crippen LogP contribution in [0, 0.1) is 0 Å². The van der Waals surface area contributed by atoms with E-state index < -0.39 is 6.43 Å². The molecule has 4 rings (SSSR count). The predicted molar refractivity (Wildman–Crippen MR) is 142 cm³/mol. The summed E-state index contributed by atoms with van der Waals surface area (Å²) in [6, 6.07) is 16.9. The number of anilines is 1. The van der Waals surface area contributed by atoms with Gasteiger partial charge in [0.15, 0.2) is 0 Å². The number of nitrogens with zero attached hydrogens (tertiary/aromatic N) is 2. The molecule has 0 radical (unpaired) electrons. The van der Waals surface area contributed by atoms with Crippen LogP contribution in [0.3, 0.4) is 0 Å². The van der Waals surface area contributed by atoms with Crippen LogP contribution in [-0.4, -0.2) is 23.4 Å². The van der Waals surface area contributed by atoms with Gasteiger partial charge in [-0.1, -0.05) is 55.5 Å². The zero-order valence-corrected chi connectivity index (χ0v) is 20.8. The van der Waals surface area contributed by atoms with Crippen LogP contribution in [0.15, 0.2) is 94.3 Å². The highest BCUT2D eigenvalue weighted by molar-refractivity contribution is 6.07. The van der Waals surface area contributed by atoms with Gasteiger partial charge in [0.1, 0.15) is 5.56 Å². The van der Waals surface area contributed by atoms with Crippen molar-refractivity contribution in [3.63, 3.8) is 0 Å². The number of amides is 1. The molecule has 186 valence electrons. The van der Waals surface area contributed by atoms with Gasteiger partial charge >= 0.3 is 0 Å². The molecule has 1 aliphatic rings. The van der Waals surface area contributed by atoms with Crippen molar-refractivity contribution in [1.82, 2.24) is 4.57 Å². The summed E-state index contributed by atoms with van der Waals surface area (Å²) in [5, 5.41) is 0.784. The average molecular weight is 489 g/mol. The van der Waals surface area contributed by atoms with E-state index in [2.05, 4.69) is 6.92 Å². The third-order valence-electron chi connectivity index (χ3n) is 6.67. The van der Waals surface area contributed by atoms with Gasteiger partial charge in [-0.25, -0.2) is 8.78 Å². The van der Waals surface area contributed by atoms with Crippen molar-refractivity contribution in [2.24, 2.45) is 0 Å². The lowest BCUT2D eigenvalue weighted by molar-refractivity contribution is 0.0986. The van der Waals surface area contributed by atoms with Crippen LogP contribution in [0.4, 0.5) is 14.5 Å². The number of benzene rings is 2. The van der Waals surface area contributed by atoms with Gasteiger partial charge in [-0.3, -0.25) is 9.59 Å². The second-order valence-corrected chi connectivity index (χ2v) is 8.87. The number of aromatic nitrogens is 1. The minimum Gasteiger partial charge on any atom is -0.308 e. The molecule has 0 aliphatic heterocycles. The molecular formula is C30H30F2N2O2. The number of fused-ring (bicyclic) bond motifs is 1. The van der Waals surface area contributed by atoms with Gasteiger partial charge in [0, 0.05) is 24.4 Å². The summed E-state index contributed by atoms with van der Waals surface area (Å²) in [6.07, 6.45) is 3.67. The predicted octanol–water partition coefficient (Wildman–Crippen LogP) is 6.70. The highest BCUT2D eigenvalue weighted by atomic mass is 19.3. The summed E-state index contributed by atoms with van der Waals surface area (Å²) < 4.78 is 27.7. The number of carbonyl (C=O) groups excluding carboxylic acids is 1. The van der Waals surface area contributed by atoms with E-state index in [4.69, 9.17) is 0 Å². The van der Waals surface area contributed by atoms with Gasteiger partial charge < -0.3 is 9.47 Å². The van der Waals surface area contributed by atoms with Crippen LogP contribution in [0.25, 0.3) is 10.9 Å². The number of pyridine rings is 1. The second-order valence-electron chi connectivity index (χ2n) is 8.87. The van der Waals surface area contributed by atoms with Gasteiger partial charge in [-0.05, 0) is 73.1 Å². The molecule has 6 heteroatoms. The highest BCUT2D eigenvalue weighted by Gasteiger charge is 2.22. The fraction of sp³-hybridized carbons (Fsp3) is 0.267. The SMILES string of the molecule is CCc1ccc(N(CC)C(=O)c2cc3ccccc3n(C/C=C3\CC=C(C(F)F)C=C3C)c2=O)cc1. The fourth-order valence-corrected chi connectivity index (χ4v) is 4.55. The first-order chi connectivity index (χ1) is 17.3. The molecule has 2 aromatic carbocycles. The van der Waals surface area contributed by atoms with Gasteiger partial charge in [-0.15, -0.1) is 0 Å². The third kappa shape index (κ3) is 5.08. The lowest BCUT2D eigenvalue weighted by atomic mass is 9.95. The number of hydrogen-bond acceptors (Lipinski definition) is 2. The van der Waals surface area contributed by atoms with Crippen molar-refractivity contribution < 1.29 is 13.6 Å². The second kappa shape index (κ2) is 10.9. The summed E-state index contributed by atoms with van der Waals surface area (Å²) in [4.78, 5) is 28.9. The smallest absolute Gasteiger partial charge is 0.264 e. The molecule has 0 saturated carbocycles. The third-order valence-corrected chi connectivity index (χ3v) is 6.67. The Bertz CT molecular complexity index is 1430. The van der Waals surface area contributed by atoms with Crippen molar-refractivity contribution in [3.05, 3.63) is 111 Å². The molecule has 1 aliphatic carbocycles. The molecule has 0 fully saturated rings. The van der Waals surface area contributed by atoms with E-state index in [9.17, 15) is 18.4 Å². The molecule has 0 bridgehead atoms. The number of para-hydroxylation sites is 1. The van der Waals surface area contributed by atoms with E-state index >= 15 is 0 Å². The number of halogens is 2. The number of allylic oxidation sites excluding steroid dienone is 6. The maximum absolute atomic E-state index is 13.6. The summed E-state index contributed by atoms with van der Waals surface area (Å²) in [5.41, 5.74) is 4.02. The van der Waals surface area contributed by atoms with Crippen LogP contribution in [0.5, 0.6) is 0 Å². The molecule has 0 spiro atoms. The number of alkyl halides is 2. The van der Waals surface area contributed by atoms with Gasteiger partial charge in [0.25, 0.3) is 17.9 Å². The minimum absolute atomic E-state index is 0.0199. The topological polar surface area (TPSA) is 42.3 Å². The van der Waals surface area contributed by atoms with Gasteiger partial charge in [0.05, 0.1) is 5.52 Å². The Labute approximate surface area is 209 Å². The molecule has 0 saturated heterocycles. The van der Waals surface area contributed by atoms with E-state index in [1.54, 1.807) is 22.5 Å². The summed E-state index contributed by atoms with van der Waals surface area (Å²) >= 11 is 0. The molecule has 36 heavy (non-hydrogen) atoms. The normalized spacial score (nSPS) is 14.8. The molecule has 4 nitrogen and oxygen atoms in total. The first kappa shape index (κ1) is 25.3. The maximum atomic E-state index is 13.6. The molecule has 3 aromatic rings. The van der Waals surface area contributed by atoms with Crippen LogP contribution in [0.1, 0.15) is 43.1 Å². The maximum Gasteiger partial charge on any atom is 0.264 e. The van der Waals surface area contributed by atoms with Gasteiger partial charge in [-0.2, -0.15) is 0 Å². The van der Waals surface area contributed by atoms with E-state index in [0.29, 0.717) is 18.5 Å². The molecule has 1 heterocycles. The number of rotatable bonds is 7. The Kier molecular flexibility index (Phi) is 7.63. The minimum atomic E-state index is -2.50. The van der Waals surface area contributed by atoms with Crippen molar-refractivity contribution in [1.29, 1.82) is 0 Å². The molecule has 0 unspecified atom stereocenters. The Hall–Kier alpha value is -3.80. The first-order valence-electron chi connectivity index (χ1n) is 12.2. The Morgan fingerprint density at radius 1 is 1.11 bits per heavy atom. The van der Waals surface area contributed by atoms with Crippen LogP contribution >= 0.6 is 0 Å². The van der Waals surface area contributed by atoms with Crippen LogP contribution in [-0.2, 0) is 13.0 Å². The lowest BCUT2D eigenvalue weighted by Gasteiger charge is -2.22. The first-order valence-corrected chi connectivity index (χ1v) is 12.2. The number of aryl methyl sites for hydroxylation is 1. The number of hydrogen-bond donors (Lipinski definition) is 0. The zero-order valence-electron chi connectivity index (χ0n) is 20.8. The summed E-state index contributed by atoms with van der Waals surface area (Å²) in [6.45, 7) is 6.41. The Balaban J connectivity index is 1.73. The van der Waals surface area contributed by atoms with Crippen LogP contribution < -0.4 is 10.5 Å². The zero-order chi connectivity index (χ0) is 25.8. The summed E-state index contributed by atoms with van der Waals surface area (Å²) in [7, 11) is 0. The van der Waals surface area contributed by atoms with E-state index in [0.717, 1.165) is 28.6 Å². The lowest BCUT2D eigenvalue weighted by Crippen LogP contribution is -2.36. The molecule has 1 amide bonds. The Morgan fingerprint density at radius 3 is 2.47 bits per heavy atom.